The van der Waals surface area contributed by atoms with Crippen molar-refractivity contribution in [3.63, 3.8) is 0 Å². The van der Waals surface area contributed by atoms with Crippen LogP contribution >= 0.6 is 34.5 Å². The van der Waals surface area contributed by atoms with E-state index in [4.69, 9.17) is 27.9 Å². The molecule has 1 heterocycles. The second kappa shape index (κ2) is 7.40. The van der Waals surface area contributed by atoms with Crippen LogP contribution in [0.2, 0.25) is 10.0 Å². The average Bonchev–Trinajstić information content (AvgIpc) is 3.02. The van der Waals surface area contributed by atoms with Gasteiger partial charge in [0.15, 0.2) is 15.0 Å². The molecule has 0 aliphatic rings. The fourth-order valence-electron chi connectivity index (χ4n) is 2.19. The monoisotopic (exact) mass is 430 g/mol. The fraction of sp³-hybridized carbons (Fsp3) is 0.125. The molecule has 0 atom stereocenters. The second-order valence-electron chi connectivity index (χ2n) is 5.21. The number of rotatable bonds is 5. The molecule has 0 aliphatic heterocycles. The number of sulfone groups is 1. The Bertz CT molecular complexity index is 1040. The predicted octanol–water partition coefficient (Wildman–Crippen LogP) is 4.02. The Morgan fingerprint density at radius 2 is 1.81 bits per heavy atom. The number of benzene rings is 2. The van der Waals surface area contributed by atoms with Crippen LogP contribution in [-0.4, -0.2) is 32.2 Å². The quantitative estimate of drug-likeness (QED) is 0.660. The highest BCUT2D eigenvalue weighted by molar-refractivity contribution is 7.92. The lowest BCUT2D eigenvalue weighted by atomic mass is 10.3. The maximum Gasteiger partial charge on any atom is 0.241 e. The number of thiazole rings is 1. The number of fused-ring (bicyclic) bond motifs is 1. The first-order valence-corrected chi connectivity index (χ1v) is 10.4. The topological polar surface area (TPSA) is 85.4 Å². The summed E-state index contributed by atoms with van der Waals surface area (Å²) in [5.41, 5.74) is 0.456. The molecule has 1 aromatic heterocycles. The zero-order chi connectivity index (χ0) is 18.9. The van der Waals surface area contributed by atoms with Crippen molar-refractivity contribution in [1.82, 2.24) is 4.98 Å². The van der Waals surface area contributed by atoms with Crippen molar-refractivity contribution in [1.29, 1.82) is 0 Å². The molecular formula is C16H12Cl2N2O4S2. The highest BCUT2D eigenvalue weighted by atomic mass is 35.5. The van der Waals surface area contributed by atoms with Crippen molar-refractivity contribution in [2.24, 2.45) is 0 Å². The van der Waals surface area contributed by atoms with Crippen molar-refractivity contribution in [2.45, 2.75) is 4.90 Å². The van der Waals surface area contributed by atoms with Crippen LogP contribution < -0.4 is 10.1 Å². The number of amides is 1. The lowest BCUT2D eigenvalue weighted by Gasteiger charge is -2.05. The number of hydrogen-bond donors (Lipinski definition) is 1. The molecule has 1 N–H and O–H groups in total. The number of nitrogens with zero attached hydrogens (tertiary/aromatic N) is 1. The Morgan fingerprint density at radius 3 is 2.42 bits per heavy atom. The van der Waals surface area contributed by atoms with Crippen LogP contribution in [0.1, 0.15) is 0 Å². The van der Waals surface area contributed by atoms with Crippen LogP contribution in [0.5, 0.6) is 5.75 Å². The normalized spacial score (nSPS) is 11.5. The number of halogens is 2. The van der Waals surface area contributed by atoms with Gasteiger partial charge in [-0.15, -0.1) is 0 Å². The van der Waals surface area contributed by atoms with Gasteiger partial charge in [-0.3, -0.25) is 4.79 Å². The maximum atomic E-state index is 12.4. The third-order valence-corrected chi connectivity index (χ3v) is 6.80. The van der Waals surface area contributed by atoms with E-state index >= 15 is 0 Å². The van der Waals surface area contributed by atoms with Gasteiger partial charge < -0.3 is 10.1 Å². The number of methoxy groups -OCH3 is 1. The molecule has 26 heavy (non-hydrogen) atoms. The van der Waals surface area contributed by atoms with Gasteiger partial charge in [0.1, 0.15) is 17.0 Å². The molecule has 3 rings (SSSR count). The average molecular weight is 431 g/mol. The van der Waals surface area contributed by atoms with Crippen molar-refractivity contribution < 1.29 is 17.9 Å². The van der Waals surface area contributed by atoms with Crippen LogP contribution in [0.3, 0.4) is 0 Å². The molecule has 3 aromatic rings. The first-order chi connectivity index (χ1) is 12.3. The number of hydrogen-bond acceptors (Lipinski definition) is 6. The molecule has 0 bridgehead atoms. The minimum atomic E-state index is -3.79. The molecule has 10 heteroatoms. The summed E-state index contributed by atoms with van der Waals surface area (Å²) in [5.74, 6) is -0.889. The number of carbonyl (C=O) groups is 1. The van der Waals surface area contributed by atoms with Gasteiger partial charge in [-0.05, 0) is 36.4 Å². The molecule has 6 nitrogen and oxygen atoms in total. The summed E-state index contributed by atoms with van der Waals surface area (Å²) < 4.78 is 30.3. The van der Waals surface area contributed by atoms with E-state index in [1.807, 2.05) is 0 Å². The molecule has 136 valence electrons. The second-order valence-corrected chi connectivity index (χ2v) is 9.01. The van der Waals surface area contributed by atoms with E-state index in [0.29, 0.717) is 26.0 Å². The van der Waals surface area contributed by atoms with Crippen molar-refractivity contribution in [3.8, 4) is 5.75 Å². The van der Waals surface area contributed by atoms with Gasteiger partial charge in [0.05, 0.1) is 26.8 Å². The van der Waals surface area contributed by atoms with E-state index < -0.39 is 21.5 Å². The van der Waals surface area contributed by atoms with Crippen molar-refractivity contribution >= 4 is 65.6 Å². The number of ether oxygens (including phenoxy) is 1. The van der Waals surface area contributed by atoms with Gasteiger partial charge in [0.25, 0.3) is 0 Å². The number of anilines is 1. The summed E-state index contributed by atoms with van der Waals surface area (Å²) in [7, 11) is -2.31. The summed E-state index contributed by atoms with van der Waals surface area (Å²) >= 11 is 13.3. The van der Waals surface area contributed by atoms with Gasteiger partial charge >= 0.3 is 0 Å². The minimum Gasteiger partial charge on any atom is -0.497 e. The summed E-state index contributed by atoms with van der Waals surface area (Å²) in [6, 6.07) is 9.04. The first-order valence-electron chi connectivity index (χ1n) is 7.21. The van der Waals surface area contributed by atoms with E-state index in [1.54, 1.807) is 12.1 Å². The Morgan fingerprint density at radius 1 is 1.15 bits per heavy atom. The highest BCUT2D eigenvalue weighted by Gasteiger charge is 2.21. The van der Waals surface area contributed by atoms with Gasteiger partial charge in [-0.25, -0.2) is 13.4 Å². The lowest BCUT2D eigenvalue weighted by molar-refractivity contribution is -0.113. The van der Waals surface area contributed by atoms with Crippen molar-refractivity contribution in [2.75, 3.05) is 18.2 Å². The fourth-order valence-corrected chi connectivity index (χ4v) is 4.76. The van der Waals surface area contributed by atoms with E-state index in [9.17, 15) is 13.2 Å². The largest absolute Gasteiger partial charge is 0.497 e. The molecule has 0 fully saturated rings. The zero-order valence-electron chi connectivity index (χ0n) is 13.3. The number of aromatic nitrogens is 1. The van der Waals surface area contributed by atoms with Crippen LogP contribution in [0.25, 0.3) is 10.2 Å². The smallest absolute Gasteiger partial charge is 0.241 e. The Balaban J connectivity index is 1.77. The number of nitrogens with one attached hydrogen (secondary N) is 1. The van der Waals surface area contributed by atoms with Gasteiger partial charge in [-0.1, -0.05) is 34.5 Å². The molecule has 0 spiro atoms. The first kappa shape index (κ1) is 18.9. The third-order valence-electron chi connectivity index (χ3n) is 3.43. The Labute approximate surface area is 163 Å². The van der Waals surface area contributed by atoms with E-state index in [1.165, 1.54) is 31.4 Å². The standard InChI is InChI=1S/C16H12Cl2N2O4S2/c1-24-9-2-4-10(5-3-9)26(22,23)8-13(21)19-16-20-14-11(17)6-7-12(18)15(14)25-16/h2-7H,8H2,1H3,(H,19,20,21). The van der Waals surface area contributed by atoms with Crippen LogP contribution in [-0.2, 0) is 14.6 Å². The SMILES string of the molecule is COc1ccc(S(=O)(=O)CC(=O)Nc2nc3c(Cl)ccc(Cl)c3s2)cc1. The molecule has 0 saturated carbocycles. The lowest BCUT2D eigenvalue weighted by Crippen LogP contribution is -2.22. The van der Waals surface area contributed by atoms with Gasteiger partial charge in [0.2, 0.25) is 5.91 Å². The number of carbonyl (C=O) groups excluding carboxylic acids is 1. The van der Waals surface area contributed by atoms with E-state index in [2.05, 4.69) is 10.3 Å². The Kier molecular flexibility index (Phi) is 5.38. The highest BCUT2D eigenvalue weighted by Crippen LogP contribution is 2.36. The molecule has 0 aliphatic carbocycles. The van der Waals surface area contributed by atoms with Crippen LogP contribution in [0, 0.1) is 0 Å². The summed E-state index contributed by atoms with van der Waals surface area (Å²) in [6.07, 6.45) is 0. The Hall–Kier alpha value is -1.87. The summed E-state index contributed by atoms with van der Waals surface area (Å²) in [4.78, 5) is 16.4. The zero-order valence-corrected chi connectivity index (χ0v) is 16.5. The molecular weight excluding hydrogens is 419 g/mol. The maximum absolute atomic E-state index is 12.4. The molecule has 0 unspecified atom stereocenters. The van der Waals surface area contributed by atoms with Crippen molar-refractivity contribution in [3.05, 3.63) is 46.4 Å². The third kappa shape index (κ3) is 3.93. The van der Waals surface area contributed by atoms with E-state index in [-0.39, 0.29) is 10.0 Å². The summed E-state index contributed by atoms with van der Waals surface area (Å²) in [5, 5.41) is 3.56. The summed E-state index contributed by atoms with van der Waals surface area (Å²) in [6.45, 7) is 0. The predicted molar refractivity (Wildman–Crippen MR) is 103 cm³/mol. The molecule has 0 radical (unpaired) electrons. The van der Waals surface area contributed by atoms with Gasteiger partial charge in [0, 0.05) is 0 Å². The van der Waals surface area contributed by atoms with Crippen LogP contribution in [0.4, 0.5) is 5.13 Å². The van der Waals surface area contributed by atoms with Crippen LogP contribution in [0.15, 0.2) is 41.3 Å². The minimum absolute atomic E-state index is 0.0313. The molecule has 0 saturated heterocycles. The van der Waals surface area contributed by atoms with Gasteiger partial charge in [-0.2, -0.15) is 0 Å². The molecule has 1 amide bonds. The van der Waals surface area contributed by atoms with E-state index in [0.717, 1.165) is 11.3 Å². The molecule has 2 aromatic carbocycles.